The summed E-state index contributed by atoms with van der Waals surface area (Å²) in [7, 11) is 0. The first-order chi connectivity index (χ1) is 19.2. The lowest BCUT2D eigenvalue weighted by molar-refractivity contribution is -0.115. The van der Waals surface area contributed by atoms with Crippen molar-refractivity contribution in [3.63, 3.8) is 0 Å². The van der Waals surface area contributed by atoms with Gasteiger partial charge in [-0.25, -0.2) is 9.97 Å². The number of halogens is 2. The molecule has 200 valence electrons. The number of amides is 2. The minimum atomic E-state index is -0.102. The number of hydrogen-bond donors (Lipinski definition) is 4. The summed E-state index contributed by atoms with van der Waals surface area (Å²) >= 11 is 6.65. The average Bonchev–Trinajstić information content (AvgIpc) is 3.33. The largest absolute Gasteiger partial charge is 0.396 e. The van der Waals surface area contributed by atoms with Crippen molar-refractivity contribution in [1.29, 1.82) is 0 Å². The van der Waals surface area contributed by atoms with Crippen molar-refractivity contribution >= 4 is 71.8 Å². The number of aromatic nitrogens is 3. The minimum absolute atomic E-state index is 0.0718. The van der Waals surface area contributed by atoms with Crippen molar-refractivity contribution in [3.8, 4) is 23.1 Å². The number of rotatable bonds is 3. The lowest BCUT2D eigenvalue weighted by Crippen LogP contribution is -2.05. The van der Waals surface area contributed by atoms with E-state index in [0.29, 0.717) is 16.0 Å². The molecule has 5 aromatic rings. The third-order valence-electron chi connectivity index (χ3n) is 5.38. The zero-order valence-electron chi connectivity index (χ0n) is 21.5. The van der Waals surface area contributed by atoms with E-state index in [9.17, 15) is 9.59 Å². The van der Waals surface area contributed by atoms with Crippen molar-refractivity contribution < 1.29 is 9.59 Å². The number of anilines is 3. The van der Waals surface area contributed by atoms with E-state index in [4.69, 9.17) is 5.73 Å². The van der Waals surface area contributed by atoms with Crippen molar-refractivity contribution in [2.24, 2.45) is 0 Å². The fourth-order valence-electron chi connectivity index (χ4n) is 3.59. The molecule has 5 N–H and O–H groups in total. The maximum atomic E-state index is 11.0. The van der Waals surface area contributed by atoms with Gasteiger partial charge in [0.25, 0.3) is 0 Å². The molecule has 8 nitrogen and oxygen atoms in total. The number of H-pyrrole nitrogens is 1. The Morgan fingerprint density at radius 2 is 1.35 bits per heavy atom. The second kappa shape index (κ2) is 13.1. The molecule has 10 heteroatoms. The summed E-state index contributed by atoms with van der Waals surface area (Å²) in [5.41, 5.74) is 13.2. The summed E-state index contributed by atoms with van der Waals surface area (Å²) in [6.07, 6.45) is 0. The van der Waals surface area contributed by atoms with Gasteiger partial charge < -0.3 is 21.4 Å². The molecule has 0 aliphatic heterocycles. The van der Waals surface area contributed by atoms with Crippen LogP contribution in [-0.2, 0) is 9.59 Å². The predicted octanol–water partition coefficient (Wildman–Crippen LogP) is 6.74. The number of nitrogens with zero attached hydrogens (tertiary/aromatic N) is 2. The van der Waals surface area contributed by atoms with Gasteiger partial charge in [-0.1, -0.05) is 18.1 Å². The van der Waals surface area contributed by atoms with Crippen molar-refractivity contribution in [2.75, 3.05) is 16.4 Å². The SMILES string of the molecule is CC(=O)Nc1ccc(-c2cc3nc(Br)ccc3[nH]2)cc1.CC(=O)Nc1ccc(C#Cc2nc(Br)ccc2N)cc1. The molecule has 40 heavy (non-hydrogen) atoms. The summed E-state index contributed by atoms with van der Waals surface area (Å²) < 4.78 is 1.51. The molecule has 0 spiro atoms. The number of pyridine rings is 2. The van der Waals surface area contributed by atoms with Crippen LogP contribution in [0.15, 0.2) is 88.1 Å². The summed E-state index contributed by atoms with van der Waals surface area (Å²) in [6.45, 7) is 2.96. The van der Waals surface area contributed by atoms with Gasteiger partial charge in [-0.2, -0.15) is 0 Å². The first-order valence-corrected chi connectivity index (χ1v) is 13.6. The third kappa shape index (κ3) is 8.02. The number of hydrogen-bond acceptors (Lipinski definition) is 5. The van der Waals surface area contributed by atoms with Crippen molar-refractivity contribution in [3.05, 3.63) is 99.3 Å². The van der Waals surface area contributed by atoms with Crippen LogP contribution in [-0.4, -0.2) is 26.8 Å². The summed E-state index contributed by atoms with van der Waals surface area (Å²) in [5, 5.41) is 5.45. The Hall–Kier alpha value is -4.46. The first kappa shape index (κ1) is 28.5. The van der Waals surface area contributed by atoms with Gasteiger partial charge in [0, 0.05) is 36.5 Å². The second-order valence-electron chi connectivity index (χ2n) is 8.59. The summed E-state index contributed by atoms with van der Waals surface area (Å²) in [6, 6.07) is 24.3. The molecule has 0 aliphatic rings. The monoisotopic (exact) mass is 658 g/mol. The van der Waals surface area contributed by atoms with E-state index < -0.39 is 0 Å². The normalized spacial score (nSPS) is 10.1. The fourth-order valence-corrected chi connectivity index (χ4v) is 4.23. The molecule has 0 atom stereocenters. The molecule has 0 bridgehead atoms. The lowest BCUT2D eigenvalue weighted by atomic mass is 10.1. The maximum absolute atomic E-state index is 11.0. The summed E-state index contributed by atoms with van der Waals surface area (Å²) in [5.74, 6) is 5.74. The molecule has 3 heterocycles. The maximum Gasteiger partial charge on any atom is 0.221 e. The quantitative estimate of drug-likeness (QED) is 0.126. The van der Waals surface area contributed by atoms with Crippen molar-refractivity contribution in [2.45, 2.75) is 13.8 Å². The smallest absolute Gasteiger partial charge is 0.221 e. The van der Waals surface area contributed by atoms with Gasteiger partial charge in [0.1, 0.15) is 14.9 Å². The van der Waals surface area contributed by atoms with Gasteiger partial charge >= 0.3 is 0 Å². The van der Waals surface area contributed by atoms with E-state index in [0.717, 1.165) is 43.8 Å². The number of fused-ring (bicyclic) bond motifs is 1. The molecular weight excluding hydrogens is 636 g/mol. The molecule has 0 aliphatic carbocycles. The minimum Gasteiger partial charge on any atom is -0.396 e. The lowest BCUT2D eigenvalue weighted by Gasteiger charge is -2.03. The first-order valence-electron chi connectivity index (χ1n) is 12.0. The molecule has 0 unspecified atom stereocenters. The average molecular weight is 660 g/mol. The van der Waals surface area contributed by atoms with Crippen LogP contribution in [0.2, 0.25) is 0 Å². The highest BCUT2D eigenvalue weighted by Gasteiger charge is 2.05. The van der Waals surface area contributed by atoms with Gasteiger partial charge in [-0.15, -0.1) is 0 Å². The molecule has 0 saturated heterocycles. The topological polar surface area (TPSA) is 126 Å². The highest BCUT2D eigenvalue weighted by Crippen LogP contribution is 2.25. The van der Waals surface area contributed by atoms with E-state index >= 15 is 0 Å². The van der Waals surface area contributed by atoms with Crippen LogP contribution in [0, 0.1) is 11.8 Å². The van der Waals surface area contributed by atoms with Crippen LogP contribution in [0.1, 0.15) is 25.1 Å². The van der Waals surface area contributed by atoms with Gasteiger partial charge in [-0.05, 0) is 110 Å². The van der Waals surface area contributed by atoms with Crippen LogP contribution in [0.5, 0.6) is 0 Å². The molecular formula is C30H24Br2N6O2. The number of nitrogens with two attached hydrogens (primary N) is 1. The number of nitrogens with one attached hydrogen (secondary N) is 3. The fraction of sp³-hybridized carbons (Fsp3) is 0.0667. The van der Waals surface area contributed by atoms with Crippen LogP contribution >= 0.6 is 31.9 Å². The van der Waals surface area contributed by atoms with Gasteiger partial charge in [0.15, 0.2) is 0 Å². The van der Waals surface area contributed by atoms with Crippen molar-refractivity contribution in [1.82, 2.24) is 15.0 Å². The Bertz CT molecular complexity index is 1740. The number of benzene rings is 2. The Kier molecular flexibility index (Phi) is 9.32. The Labute approximate surface area is 248 Å². The number of aromatic amines is 1. The van der Waals surface area contributed by atoms with Gasteiger partial charge in [0.05, 0.1) is 16.7 Å². The highest BCUT2D eigenvalue weighted by molar-refractivity contribution is 9.10. The van der Waals surface area contributed by atoms with Crippen LogP contribution < -0.4 is 16.4 Å². The van der Waals surface area contributed by atoms with Crippen LogP contribution in [0.25, 0.3) is 22.3 Å². The third-order valence-corrected chi connectivity index (χ3v) is 6.26. The Morgan fingerprint density at radius 1 is 0.775 bits per heavy atom. The number of carbonyl (C=O) groups excluding carboxylic acids is 2. The van der Waals surface area contributed by atoms with E-state index in [2.05, 4.69) is 69.3 Å². The number of nitrogen functional groups attached to an aromatic ring is 1. The molecule has 0 radical (unpaired) electrons. The zero-order chi connectivity index (χ0) is 28.6. The molecule has 2 aromatic carbocycles. The van der Waals surface area contributed by atoms with E-state index in [1.54, 1.807) is 24.3 Å². The molecule has 5 rings (SSSR count). The standard InChI is InChI=1S/2C15H12BrN3O/c1-9(20)17-11-4-2-10(3-5-11)13-8-14-12(18-13)6-7-15(16)19-14;1-10(20)18-12-5-2-11(3-6-12)4-8-14-13(17)7-9-15(16)19-14/h2-8,18H,1H3,(H,17,20);2-3,5-7,9H,17H2,1H3,(H,18,20). The van der Waals surface area contributed by atoms with E-state index in [1.807, 2.05) is 54.6 Å². The van der Waals surface area contributed by atoms with Crippen LogP contribution in [0.4, 0.5) is 17.1 Å². The molecule has 0 fully saturated rings. The van der Waals surface area contributed by atoms with E-state index in [1.165, 1.54) is 13.8 Å². The summed E-state index contributed by atoms with van der Waals surface area (Å²) in [4.78, 5) is 33.8. The van der Waals surface area contributed by atoms with Gasteiger partial charge in [0.2, 0.25) is 11.8 Å². The van der Waals surface area contributed by atoms with Crippen LogP contribution in [0.3, 0.4) is 0 Å². The molecule has 3 aromatic heterocycles. The number of carbonyl (C=O) groups is 2. The van der Waals surface area contributed by atoms with Gasteiger partial charge in [-0.3, -0.25) is 9.59 Å². The molecule has 2 amide bonds. The van der Waals surface area contributed by atoms with E-state index in [-0.39, 0.29) is 11.8 Å². The Morgan fingerprint density at radius 3 is 1.98 bits per heavy atom. The predicted molar refractivity (Wildman–Crippen MR) is 167 cm³/mol. The highest BCUT2D eigenvalue weighted by atomic mass is 79.9. The second-order valence-corrected chi connectivity index (χ2v) is 10.2. The Balaban J connectivity index is 0.000000185. The molecule has 0 saturated carbocycles. The zero-order valence-corrected chi connectivity index (χ0v) is 24.7.